The van der Waals surface area contributed by atoms with Crippen molar-refractivity contribution in [3.05, 3.63) is 48.0 Å². The fourth-order valence-electron chi connectivity index (χ4n) is 4.32. The third-order valence-electron chi connectivity index (χ3n) is 5.94. The number of ether oxygens (including phenoxy) is 2. The Hall–Kier alpha value is -3.00. The van der Waals surface area contributed by atoms with Gasteiger partial charge in [0.25, 0.3) is 5.79 Å². The van der Waals surface area contributed by atoms with Crippen LogP contribution in [-0.4, -0.2) is 32.2 Å². The Kier molecular flexibility index (Phi) is 5.55. The van der Waals surface area contributed by atoms with E-state index in [-0.39, 0.29) is 11.7 Å². The molecule has 2 aliphatic rings. The minimum Gasteiger partial charge on any atom is -0.448 e. The average Bonchev–Trinajstić information content (AvgIpc) is 3.50. The van der Waals surface area contributed by atoms with E-state index in [1.807, 2.05) is 41.0 Å². The third-order valence-corrected chi connectivity index (χ3v) is 6.90. The Morgan fingerprint density at radius 3 is 2.69 bits per heavy atom. The fourth-order valence-corrected chi connectivity index (χ4v) is 5.12. The van der Waals surface area contributed by atoms with Crippen molar-refractivity contribution < 1.29 is 14.3 Å². The molecule has 1 amide bonds. The maximum atomic E-state index is 12.6. The van der Waals surface area contributed by atoms with Gasteiger partial charge in [0.05, 0.1) is 5.75 Å². The number of amides is 1. The molecule has 0 unspecified atom stereocenters. The second-order valence-electron chi connectivity index (χ2n) is 8.19. The van der Waals surface area contributed by atoms with E-state index in [1.54, 1.807) is 0 Å². The van der Waals surface area contributed by atoms with Crippen LogP contribution in [0, 0.1) is 6.92 Å². The molecule has 1 spiro atoms. The number of carbonyl (C=O) groups excluding carboxylic acids is 1. The highest BCUT2D eigenvalue weighted by atomic mass is 32.2. The molecule has 2 aromatic carbocycles. The molecule has 1 aliphatic heterocycles. The molecule has 1 saturated carbocycles. The molecule has 0 bridgehead atoms. The molecule has 0 radical (unpaired) electrons. The number of rotatable bonds is 6. The first-order valence-corrected chi connectivity index (χ1v) is 12.0. The molecule has 7 nitrogen and oxygen atoms in total. The normalized spacial score (nSPS) is 15.9. The smallest absolute Gasteiger partial charge is 0.251 e. The minimum atomic E-state index is -0.500. The second kappa shape index (κ2) is 8.50. The van der Waals surface area contributed by atoms with Crippen molar-refractivity contribution >= 4 is 23.4 Å². The molecular weight excluding hydrogens is 424 g/mol. The van der Waals surface area contributed by atoms with Crippen LogP contribution < -0.4 is 14.8 Å². The Balaban J connectivity index is 1.23. The van der Waals surface area contributed by atoms with Gasteiger partial charge >= 0.3 is 0 Å². The van der Waals surface area contributed by atoms with Gasteiger partial charge in [-0.3, -0.25) is 4.79 Å². The van der Waals surface area contributed by atoms with Gasteiger partial charge in [-0.2, -0.15) is 0 Å². The molecule has 8 heteroatoms. The van der Waals surface area contributed by atoms with E-state index in [0.29, 0.717) is 11.4 Å². The molecule has 3 aromatic rings. The number of benzene rings is 2. The quantitative estimate of drug-likeness (QED) is 0.530. The largest absolute Gasteiger partial charge is 0.448 e. The number of hydrogen-bond acceptors (Lipinski definition) is 6. The Bertz CT molecular complexity index is 1150. The fraction of sp³-hybridized carbons (Fsp3) is 0.375. The van der Waals surface area contributed by atoms with Crippen molar-refractivity contribution in [3.63, 3.8) is 0 Å². The summed E-state index contributed by atoms with van der Waals surface area (Å²) in [5.74, 6) is 1.91. The van der Waals surface area contributed by atoms with Crippen molar-refractivity contribution in [2.45, 2.75) is 57.0 Å². The van der Waals surface area contributed by atoms with Crippen LogP contribution in [0.3, 0.4) is 0 Å². The first kappa shape index (κ1) is 20.9. The lowest BCUT2D eigenvalue weighted by Gasteiger charge is -2.21. The summed E-state index contributed by atoms with van der Waals surface area (Å²) in [7, 11) is 0. The standard InChI is InChI=1S/C24H26N4O3S/c1-3-28-22(18-9-5-4-8-16(18)2)26-27-23(28)32-15-21(29)25-17-10-11-19-20(14-17)31-24(30-19)12-6-7-13-24/h4-5,8-11,14H,3,6-7,12-13,15H2,1-2H3,(H,25,29). The number of aromatic nitrogens is 3. The molecule has 166 valence electrons. The monoisotopic (exact) mass is 450 g/mol. The summed E-state index contributed by atoms with van der Waals surface area (Å²) in [5, 5.41) is 12.4. The summed E-state index contributed by atoms with van der Waals surface area (Å²) < 4.78 is 14.2. The molecule has 0 saturated heterocycles. The molecule has 1 fully saturated rings. The van der Waals surface area contributed by atoms with Gasteiger partial charge in [0, 0.05) is 36.7 Å². The molecule has 5 rings (SSSR count). The lowest BCUT2D eigenvalue weighted by atomic mass is 10.1. The summed E-state index contributed by atoms with van der Waals surface area (Å²) in [5.41, 5.74) is 2.90. The number of nitrogens with one attached hydrogen (secondary N) is 1. The van der Waals surface area contributed by atoms with Gasteiger partial charge in [-0.1, -0.05) is 36.0 Å². The van der Waals surface area contributed by atoms with Crippen molar-refractivity contribution in [1.82, 2.24) is 14.8 Å². The lowest BCUT2D eigenvalue weighted by molar-refractivity contribution is -0.113. The van der Waals surface area contributed by atoms with E-state index in [2.05, 4.69) is 35.4 Å². The van der Waals surface area contributed by atoms with E-state index in [4.69, 9.17) is 9.47 Å². The van der Waals surface area contributed by atoms with Crippen LogP contribution in [0.1, 0.15) is 38.2 Å². The highest BCUT2D eigenvalue weighted by molar-refractivity contribution is 7.99. The van der Waals surface area contributed by atoms with Gasteiger partial charge in [-0.25, -0.2) is 0 Å². The molecule has 2 heterocycles. The molecule has 1 N–H and O–H groups in total. The van der Waals surface area contributed by atoms with Crippen LogP contribution in [0.5, 0.6) is 11.5 Å². The topological polar surface area (TPSA) is 78.3 Å². The first-order valence-electron chi connectivity index (χ1n) is 11.0. The summed E-state index contributed by atoms with van der Waals surface area (Å²) in [6.45, 7) is 4.84. The maximum Gasteiger partial charge on any atom is 0.251 e. The molecule has 1 aromatic heterocycles. The van der Waals surface area contributed by atoms with Crippen molar-refractivity contribution in [2.75, 3.05) is 11.1 Å². The van der Waals surface area contributed by atoms with Crippen LogP contribution in [0.15, 0.2) is 47.6 Å². The van der Waals surface area contributed by atoms with Gasteiger partial charge in [-0.05, 0) is 44.4 Å². The van der Waals surface area contributed by atoms with E-state index >= 15 is 0 Å². The number of anilines is 1. The minimum absolute atomic E-state index is 0.104. The Morgan fingerprint density at radius 2 is 1.91 bits per heavy atom. The highest BCUT2D eigenvalue weighted by Gasteiger charge is 2.44. The number of aryl methyl sites for hydroxylation is 1. The zero-order valence-electron chi connectivity index (χ0n) is 18.3. The zero-order valence-corrected chi connectivity index (χ0v) is 19.1. The Morgan fingerprint density at radius 1 is 1.12 bits per heavy atom. The average molecular weight is 451 g/mol. The van der Waals surface area contributed by atoms with E-state index < -0.39 is 5.79 Å². The van der Waals surface area contributed by atoms with Gasteiger partial charge in [0.15, 0.2) is 22.5 Å². The molecule has 32 heavy (non-hydrogen) atoms. The molecule has 0 atom stereocenters. The highest BCUT2D eigenvalue weighted by Crippen LogP contribution is 2.47. The van der Waals surface area contributed by atoms with Crippen LogP contribution >= 0.6 is 11.8 Å². The summed E-state index contributed by atoms with van der Waals surface area (Å²) in [4.78, 5) is 12.6. The number of thioether (sulfide) groups is 1. The van der Waals surface area contributed by atoms with Crippen LogP contribution in [-0.2, 0) is 11.3 Å². The predicted molar refractivity (Wildman–Crippen MR) is 124 cm³/mol. The molecular formula is C24H26N4O3S. The van der Waals surface area contributed by atoms with Crippen LogP contribution in [0.25, 0.3) is 11.4 Å². The predicted octanol–water partition coefficient (Wildman–Crippen LogP) is 5.05. The third kappa shape index (κ3) is 3.95. The number of hydrogen-bond donors (Lipinski definition) is 1. The van der Waals surface area contributed by atoms with E-state index in [9.17, 15) is 4.79 Å². The second-order valence-corrected chi connectivity index (χ2v) is 9.13. The van der Waals surface area contributed by atoms with E-state index in [1.165, 1.54) is 11.8 Å². The number of carbonyl (C=O) groups is 1. The van der Waals surface area contributed by atoms with Crippen LogP contribution in [0.2, 0.25) is 0 Å². The van der Waals surface area contributed by atoms with Crippen molar-refractivity contribution in [2.24, 2.45) is 0 Å². The summed E-state index contributed by atoms with van der Waals surface area (Å²) in [6.07, 6.45) is 4.04. The summed E-state index contributed by atoms with van der Waals surface area (Å²) in [6, 6.07) is 13.7. The number of fused-ring (bicyclic) bond motifs is 1. The van der Waals surface area contributed by atoms with Gasteiger partial charge in [0.2, 0.25) is 5.91 Å². The zero-order chi connectivity index (χ0) is 22.1. The van der Waals surface area contributed by atoms with Gasteiger partial charge in [-0.15, -0.1) is 10.2 Å². The summed E-state index contributed by atoms with van der Waals surface area (Å²) >= 11 is 1.38. The Labute approximate surface area is 191 Å². The SMILES string of the molecule is CCn1c(SCC(=O)Nc2ccc3c(c2)OC2(CCCC2)O3)nnc1-c1ccccc1C. The number of nitrogens with zero attached hydrogens (tertiary/aromatic N) is 3. The van der Waals surface area contributed by atoms with Crippen molar-refractivity contribution in [3.8, 4) is 22.9 Å². The van der Waals surface area contributed by atoms with Crippen molar-refractivity contribution in [1.29, 1.82) is 0 Å². The molecule has 1 aliphatic carbocycles. The van der Waals surface area contributed by atoms with Crippen LogP contribution in [0.4, 0.5) is 5.69 Å². The van der Waals surface area contributed by atoms with Gasteiger partial charge < -0.3 is 19.4 Å². The lowest BCUT2D eigenvalue weighted by Crippen LogP contribution is -2.34. The first-order chi connectivity index (χ1) is 15.6. The van der Waals surface area contributed by atoms with Gasteiger partial charge in [0.1, 0.15) is 0 Å². The maximum absolute atomic E-state index is 12.6. The van der Waals surface area contributed by atoms with E-state index in [0.717, 1.165) is 60.1 Å².